The third kappa shape index (κ3) is 2.55. The van der Waals surface area contributed by atoms with Crippen LogP contribution < -0.4 is 5.32 Å². The van der Waals surface area contributed by atoms with Crippen LogP contribution in [0.25, 0.3) is 0 Å². The first kappa shape index (κ1) is 14.2. The zero-order valence-corrected chi connectivity index (χ0v) is 14.3. The Bertz CT molecular complexity index is 532. The molecule has 2 unspecified atom stereocenters. The van der Waals surface area contributed by atoms with Crippen LogP contribution in [0, 0.1) is 6.92 Å². The third-order valence-electron chi connectivity index (χ3n) is 5.37. The molecular formula is C17H27N3S. The number of aryl methyl sites for hydroxylation is 2. The van der Waals surface area contributed by atoms with E-state index in [0.29, 0.717) is 6.04 Å². The smallest absolute Gasteiger partial charge is 0.115 e. The summed E-state index contributed by atoms with van der Waals surface area (Å²) >= 11 is 1.94. The van der Waals surface area contributed by atoms with Gasteiger partial charge in [-0.3, -0.25) is 4.90 Å². The quantitative estimate of drug-likeness (QED) is 0.905. The van der Waals surface area contributed by atoms with E-state index in [2.05, 4.69) is 31.0 Å². The third-order valence-corrected chi connectivity index (χ3v) is 6.59. The van der Waals surface area contributed by atoms with Gasteiger partial charge in [-0.25, -0.2) is 4.98 Å². The van der Waals surface area contributed by atoms with Gasteiger partial charge in [0.2, 0.25) is 0 Å². The highest BCUT2D eigenvalue weighted by molar-refractivity contribution is 7.11. The van der Waals surface area contributed by atoms with Gasteiger partial charge >= 0.3 is 0 Å². The molecule has 3 nitrogen and oxygen atoms in total. The predicted molar refractivity (Wildman–Crippen MR) is 87.9 cm³/mol. The molecule has 3 fully saturated rings. The molecule has 0 aromatic carbocycles. The van der Waals surface area contributed by atoms with Crippen LogP contribution in [0.3, 0.4) is 0 Å². The molecule has 3 aliphatic rings. The summed E-state index contributed by atoms with van der Waals surface area (Å²) in [5.41, 5.74) is 1.44. The Labute approximate surface area is 132 Å². The van der Waals surface area contributed by atoms with Crippen LogP contribution in [0.1, 0.15) is 61.5 Å². The van der Waals surface area contributed by atoms with Crippen molar-refractivity contribution in [2.24, 2.45) is 0 Å². The molecule has 1 N–H and O–H groups in total. The molecule has 1 saturated heterocycles. The summed E-state index contributed by atoms with van der Waals surface area (Å²) in [7, 11) is 0. The van der Waals surface area contributed by atoms with Gasteiger partial charge in [-0.2, -0.15) is 0 Å². The fourth-order valence-electron chi connectivity index (χ4n) is 3.95. The highest BCUT2D eigenvalue weighted by Crippen LogP contribution is 2.44. The van der Waals surface area contributed by atoms with E-state index in [1.165, 1.54) is 54.2 Å². The van der Waals surface area contributed by atoms with Gasteiger partial charge in [0.1, 0.15) is 5.01 Å². The average molecular weight is 305 g/mol. The molecule has 1 aromatic heterocycles. The molecule has 1 aliphatic heterocycles. The summed E-state index contributed by atoms with van der Waals surface area (Å²) in [6.45, 7) is 8.05. The summed E-state index contributed by atoms with van der Waals surface area (Å²) in [5, 5.41) is 5.36. The van der Waals surface area contributed by atoms with E-state index < -0.39 is 0 Å². The second-order valence-corrected chi connectivity index (χ2v) is 8.54. The number of nitrogens with zero attached hydrogens (tertiary/aromatic N) is 2. The average Bonchev–Trinajstić information content (AvgIpc) is 3.36. The molecule has 2 aliphatic carbocycles. The maximum atomic E-state index is 5.04. The summed E-state index contributed by atoms with van der Waals surface area (Å²) in [6, 6.07) is 2.29. The maximum absolute atomic E-state index is 5.04. The zero-order chi connectivity index (χ0) is 14.6. The van der Waals surface area contributed by atoms with Gasteiger partial charge < -0.3 is 5.32 Å². The summed E-state index contributed by atoms with van der Waals surface area (Å²) in [6.07, 6.45) is 7.80. The summed E-state index contributed by atoms with van der Waals surface area (Å²) < 4.78 is 0. The first-order valence-corrected chi connectivity index (χ1v) is 9.43. The fraction of sp³-hybridized carbons (Fsp3) is 0.824. The van der Waals surface area contributed by atoms with Crippen molar-refractivity contribution in [3.63, 3.8) is 0 Å². The Morgan fingerprint density at radius 3 is 2.67 bits per heavy atom. The Balaban J connectivity index is 1.66. The van der Waals surface area contributed by atoms with Crippen molar-refractivity contribution in [3.8, 4) is 0 Å². The molecule has 4 heteroatoms. The van der Waals surface area contributed by atoms with Crippen molar-refractivity contribution >= 4 is 11.3 Å². The van der Waals surface area contributed by atoms with E-state index in [1.54, 1.807) is 0 Å². The van der Waals surface area contributed by atoms with Crippen molar-refractivity contribution in [2.45, 2.75) is 83.0 Å². The van der Waals surface area contributed by atoms with Gasteiger partial charge in [-0.05, 0) is 52.4 Å². The van der Waals surface area contributed by atoms with Gasteiger partial charge in [-0.15, -0.1) is 11.3 Å². The lowest BCUT2D eigenvalue weighted by atomic mass is 9.96. The highest BCUT2D eigenvalue weighted by atomic mass is 32.1. The van der Waals surface area contributed by atoms with Gasteiger partial charge in [0, 0.05) is 29.5 Å². The lowest BCUT2D eigenvalue weighted by Crippen LogP contribution is -2.46. The van der Waals surface area contributed by atoms with Crippen molar-refractivity contribution in [1.29, 1.82) is 0 Å². The standard InChI is InChI=1S/C17H27N3S/c1-4-15-12(3)21-16(18-15)17(19-13-5-6-13)9-11(2)20(10-17)14-7-8-14/h11,13-14,19H,4-10H2,1-3H3. The molecule has 0 bridgehead atoms. The molecule has 116 valence electrons. The molecule has 2 atom stereocenters. The number of hydrogen-bond acceptors (Lipinski definition) is 4. The molecule has 2 saturated carbocycles. The van der Waals surface area contributed by atoms with Crippen molar-refractivity contribution in [2.75, 3.05) is 6.54 Å². The van der Waals surface area contributed by atoms with Crippen LogP contribution in [-0.4, -0.2) is 34.6 Å². The zero-order valence-electron chi connectivity index (χ0n) is 13.5. The van der Waals surface area contributed by atoms with Crippen molar-refractivity contribution in [3.05, 3.63) is 15.6 Å². The molecule has 1 aromatic rings. The normalized spacial score (nSPS) is 33.8. The van der Waals surface area contributed by atoms with Crippen LogP contribution in [0.5, 0.6) is 0 Å². The van der Waals surface area contributed by atoms with Crippen LogP contribution in [-0.2, 0) is 12.0 Å². The summed E-state index contributed by atoms with van der Waals surface area (Å²) in [4.78, 5) is 9.21. The number of thiazole rings is 1. The Hall–Kier alpha value is -0.450. The SMILES string of the molecule is CCc1nc(C2(NC3CC3)CC(C)N(C3CC3)C2)sc1C. The molecular weight excluding hydrogens is 278 g/mol. The Kier molecular flexibility index (Phi) is 3.40. The number of likely N-dealkylation sites (tertiary alicyclic amines) is 1. The topological polar surface area (TPSA) is 28.2 Å². The van der Waals surface area contributed by atoms with Gasteiger partial charge in [-0.1, -0.05) is 6.92 Å². The molecule has 4 rings (SSSR count). The lowest BCUT2D eigenvalue weighted by molar-refractivity contribution is 0.239. The number of hydrogen-bond donors (Lipinski definition) is 1. The van der Waals surface area contributed by atoms with E-state index >= 15 is 0 Å². The highest BCUT2D eigenvalue weighted by Gasteiger charge is 2.51. The molecule has 0 spiro atoms. The van der Waals surface area contributed by atoms with Crippen LogP contribution in [0.15, 0.2) is 0 Å². The van der Waals surface area contributed by atoms with E-state index in [0.717, 1.165) is 18.5 Å². The molecule has 0 amide bonds. The van der Waals surface area contributed by atoms with Gasteiger partial charge in [0.05, 0.1) is 11.2 Å². The first-order valence-electron chi connectivity index (χ1n) is 8.61. The van der Waals surface area contributed by atoms with Crippen molar-refractivity contribution in [1.82, 2.24) is 15.2 Å². The minimum absolute atomic E-state index is 0.131. The monoisotopic (exact) mass is 305 g/mol. The Morgan fingerprint density at radius 1 is 1.33 bits per heavy atom. The largest absolute Gasteiger partial charge is 0.301 e. The molecule has 0 radical (unpaired) electrons. The first-order chi connectivity index (χ1) is 10.1. The maximum Gasteiger partial charge on any atom is 0.115 e. The van der Waals surface area contributed by atoms with Crippen LogP contribution in [0.4, 0.5) is 0 Å². The van der Waals surface area contributed by atoms with Gasteiger partial charge in [0.25, 0.3) is 0 Å². The lowest BCUT2D eigenvalue weighted by Gasteiger charge is -2.29. The summed E-state index contributed by atoms with van der Waals surface area (Å²) in [5.74, 6) is 0. The number of nitrogens with one attached hydrogen (secondary N) is 1. The minimum atomic E-state index is 0.131. The van der Waals surface area contributed by atoms with Crippen molar-refractivity contribution < 1.29 is 0 Å². The van der Waals surface area contributed by atoms with Crippen LogP contribution >= 0.6 is 11.3 Å². The minimum Gasteiger partial charge on any atom is -0.301 e. The van der Waals surface area contributed by atoms with Crippen LogP contribution in [0.2, 0.25) is 0 Å². The van der Waals surface area contributed by atoms with E-state index in [1.807, 2.05) is 11.3 Å². The van der Waals surface area contributed by atoms with E-state index in [9.17, 15) is 0 Å². The fourth-order valence-corrected chi connectivity index (χ4v) is 5.11. The van der Waals surface area contributed by atoms with E-state index in [4.69, 9.17) is 4.98 Å². The number of rotatable bonds is 5. The number of aromatic nitrogens is 1. The van der Waals surface area contributed by atoms with E-state index in [-0.39, 0.29) is 5.54 Å². The second kappa shape index (κ2) is 5.04. The second-order valence-electron chi connectivity index (χ2n) is 7.33. The molecule has 2 heterocycles. The molecule has 21 heavy (non-hydrogen) atoms. The Morgan fingerprint density at radius 2 is 2.10 bits per heavy atom. The predicted octanol–water partition coefficient (Wildman–Crippen LogP) is 3.22. The van der Waals surface area contributed by atoms with Gasteiger partial charge in [0.15, 0.2) is 0 Å².